The van der Waals surface area contributed by atoms with E-state index in [2.05, 4.69) is 10.6 Å². The fraction of sp³-hybridized carbons (Fsp3) is 0.417. The second-order valence-electron chi connectivity index (χ2n) is 4.51. The van der Waals surface area contributed by atoms with Gasteiger partial charge in [-0.05, 0) is 19.1 Å². The van der Waals surface area contributed by atoms with Crippen molar-refractivity contribution in [1.29, 1.82) is 0 Å². The molecule has 0 fully saturated rings. The summed E-state index contributed by atoms with van der Waals surface area (Å²) in [7, 11) is 0. The molecule has 0 aliphatic heterocycles. The Balaban J connectivity index is 2.72. The Labute approximate surface area is 113 Å². The van der Waals surface area contributed by atoms with E-state index in [9.17, 15) is 23.1 Å². The molecule has 0 heterocycles. The first kappa shape index (κ1) is 16.3. The molecule has 0 aliphatic rings. The molecule has 20 heavy (non-hydrogen) atoms. The zero-order valence-corrected chi connectivity index (χ0v) is 10.7. The molecule has 8 heteroatoms. The Hall–Kier alpha value is -1.80. The van der Waals surface area contributed by atoms with E-state index in [1.54, 1.807) is 0 Å². The van der Waals surface area contributed by atoms with Gasteiger partial charge in [-0.25, -0.2) is 4.79 Å². The average molecular weight is 292 g/mol. The minimum atomic E-state index is -4.58. The molecular formula is C12H15F3N2O3. The van der Waals surface area contributed by atoms with Crippen molar-refractivity contribution in [2.24, 2.45) is 0 Å². The minimum absolute atomic E-state index is 0.302. The quantitative estimate of drug-likeness (QED) is 0.680. The van der Waals surface area contributed by atoms with E-state index in [4.69, 9.17) is 5.11 Å². The second kappa shape index (κ2) is 6.10. The zero-order chi connectivity index (χ0) is 15.4. The molecule has 1 rings (SSSR count). The fourth-order valence-electron chi connectivity index (χ4n) is 1.33. The van der Waals surface area contributed by atoms with E-state index >= 15 is 0 Å². The van der Waals surface area contributed by atoms with Crippen molar-refractivity contribution in [3.8, 4) is 0 Å². The highest BCUT2D eigenvalue weighted by Crippen LogP contribution is 2.34. The van der Waals surface area contributed by atoms with Gasteiger partial charge in [0.15, 0.2) is 0 Å². The molecule has 0 saturated carbocycles. The summed E-state index contributed by atoms with van der Waals surface area (Å²) in [5.41, 5.74) is -2.90. The summed E-state index contributed by atoms with van der Waals surface area (Å²) in [5.74, 6) is 0. The number of amides is 2. The van der Waals surface area contributed by atoms with E-state index in [-0.39, 0.29) is 12.2 Å². The molecule has 1 unspecified atom stereocenters. The molecule has 2 amide bonds. The number of aliphatic hydroxyl groups is 2. The molecule has 112 valence electrons. The Kier molecular flexibility index (Phi) is 4.96. The highest BCUT2D eigenvalue weighted by Gasteiger charge is 2.33. The Morgan fingerprint density at radius 1 is 1.30 bits per heavy atom. The first-order valence-corrected chi connectivity index (χ1v) is 5.70. The van der Waals surface area contributed by atoms with Gasteiger partial charge in [0.2, 0.25) is 0 Å². The van der Waals surface area contributed by atoms with Gasteiger partial charge in [-0.2, -0.15) is 13.2 Å². The topological polar surface area (TPSA) is 81.6 Å². The van der Waals surface area contributed by atoms with Crippen LogP contribution in [0.1, 0.15) is 12.5 Å². The first-order chi connectivity index (χ1) is 9.15. The van der Waals surface area contributed by atoms with Crippen LogP contribution in [0.25, 0.3) is 0 Å². The van der Waals surface area contributed by atoms with Gasteiger partial charge in [-0.3, -0.25) is 0 Å². The van der Waals surface area contributed by atoms with Crippen molar-refractivity contribution in [3.63, 3.8) is 0 Å². The van der Waals surface area contributed by atoms with Crippen molar-refractivity contribution in [1.82, 2.24) is 5.32 Å². The molecule has 5 nitrogen and oxygen atoms in total. The number of anilines is 1. The molecule has 0 aromatic heterocycles. The summed E-state index contributed by atoms with van der Waals surface area (Å²) in [4.78, 5) is 11.5. The molecule has 0 saturated heterocycles. The Bertz CT molecular complexity index is 475. The molecule has 1 aromatic carbocycles. The number of carbonyl (C=O) groups is 1. The average Bonchev–Trinajstić information content (AvgIpc) is 2.36. The number of benzene rings is 1. The van der Waals surface area contributed by atoms with Crippen LogP contribution in [0.3, 0.4) is 0 Å². The summed E-state index contributed by atoms with van der Waals surface area (Å²) in [6, 6.07) is 3.62. The van der Waals surface area contributed by atoms with Crippen LogP contribution in [0.5, 0.6) is 0 Å². The lowest BCUT2D eigenvalue weighted by Crippen LogP contribution is -2.44. The minimum Gasteiger partial charge on any atom is -0.393 e. The summed E-state index contributed by atoms with van der Waals surface area (Å²) < 4.78 is 38.1. The second-order valence-corrected chi connectivity index (χ2v) is 4.51. The molecule has 0 bridgehead atoms. The van der Waals surface area contributed by atoms with E-state index in [0.717, 1.165) is 12.1 Å². The third kappa shape index (κ3) is 4.71. The van der Waals surface area contributed by atoms with Crippen LogP contribution in [0.4, 0.5) is 23.7 Å². The largest absolute Gasteiger partial charge is 0.418 e. The normalized spacial score (nSPS) is 14.5. The van der Waals surface area contributed by atoms with Crippen molar-refractivity contribution in [3.05, 3.63) is 29.8 Å². The highest BCUT2D eigenvalue weighted by molar-refractivity contribution is 5.90. The van der Waals surface area contributed by atoms with Crippen molar-refractivity contribution < 1.29 is 28.2 Å². The number of para-hydroxylation sites is 1. The maximum Gasteiger partial charge on any atom is 0.418 e. The highest BCUT2D eigenvalue weighted by atomic mass is 19.4. The third-order valence-electron chi connectivity index (χ3n) is 2.45. The van der Waals surface area contributed by atoms with E-state index in [1.165, 1.54) is 19.1 Å². The predicted molar refractivity (Wildman–Crippen MR) is 66.2 cm³/mol. The number of rotatable bonds is 4. The molecule has 1 atom stereocenters. The lowest BCUT2D eigenvalue weighted by atomic mass is 10.1. The SMILES string of the molecule is CC(O)(CO)CNC(=O)Nc1ccccc1C(F)(F)F. The van der Waals surface area contributed by atoms with Gasteiger partial charge in [0.1, 0.15) is 5.60 Å². The zero-order valence-electron chi connectivity index (χ0n) is 10.7. The Morgan fingerprint density at radius 3 is 2.45 bits per heavy atom. The maximum absolute atomic E-state index is 12.7. The monoisotopic (exact) mass is 292 g/mol. The molecular weight excluding hydrogens is 277 g/mol. The van der Waals surface area contributed by atoms with Gasteiger partial charge < -0.3 is 20.8 Å². The number of hydrogen-bond donors (Lipinski definition) is 4. The number of nitrogens with one attached hydrogen (secondary N) is 2. The number of urea groups is 1. The fourth-order valence-corrected chi connectivity index (χ4v) is 1.33. The van der Waals surface area contributed by atoms with Gasteiger partial charge in [-0.1, -0.05) is 12.1 Å². The van der Waals surface area contributed by atoms with Gasteiger partial charge in [0, 0.05) is 0 Å². The number of carbonyl (C=O) groups excluding carboxylic acids is 1. The third-order valence-corrected chi connectivity index (χ3v) is 2.45. The van der Waals surface area contributed by atoms with E-state index < -0.39 is 30.0 Å². The lowest BCUT2D eigenvalue weighted by molar-refractivity contribution is -0.136. The summed E-state index contributed by atoms with van der Waals surface area (Å²) >= 11 is 0. The smallest absolute Gasteiger partial charge is 0.393 e. The van der Waals surface area contributed by atoms with Crippen LogP contribution in [0, 0.1) is 0 Å². The number of halogens is 3. The number of hydrogen-bond acceptors (Lipinski definition) is 3. The molecule has 0 aliphatic carbocycles. The van der Waals surface area contributed by atoms with Crippen molar-refractivity contribution >= 4 is 11.7 Å². The molecule has 1 aromatic rings. The van der Waals surface area contributed by atoms with Crippen LogP contribution in [0.15, 0.2) is 24.3 Å². The van der Waals surface area contributed by atoms with Gasteiger partial charge in [0.25, 0.3) is 0 Å². The first-order valence-electron chi connectivity index (χ1n) is 5.70. The van der Waals surface area contributed by atoms with Gasteiger partial charge in [-0.15, -0.1) is 0 Å². The summed E-state index contributed by atoms with van der Waals surface area (Å²) in [6.07, 6.45) is -4.58. The van der Waals surface area contributed by atoms with Crippen LogP contribution < -0.4 is 10.6 Å². The van der Waals surface area contributed by atoms with Crippen molar-refractivity contribution in [2.75, 3.05) is 18.5 Å². The maximum atomic E-state index is 12.7. The summed E-state index contributed by atoms with van der Waals surface area (Å²) in [6.45, 7) is 0.382. The van der Waals surface area contributed by atoms with E-state index in [1.807, 2.05) is 0 Å². The van der Waals surface area contributed by atoms with Gasteiger partial charge >= 0.3 is 12.2 Å². The number of alkyl halides is 3. The Morgan fingerprint density at radius 2 is 1.90 bits per heavy atom. The lowest BCUT2D eigenvalue weighted by Gasteiger charge is -2.21. The predicted octanol–water partition coefficient (Wildman–Crippen LogP) is 1.57. The van der Waals surface area contributed by atoms with Crippen molar-refractivity contribution in [2.45, 2.75) is 18.7 Å². The molecule has 0 spiro atoms. The summed E-state index contributed by atoms with van der Waals surface area (Å²) in [5, 5.41) is 22.5. The van der Waals surface area contributed by atoms with E-state index in [0.29, 0.717) is 0 Å². The molecule has 0 radical (unpaired) electrons. The molecule has 4 N–H and O–H groups in total. The van der Waals surface area contributed by atoms with Crippen LogP contribution in [-0.2, 0) is 6.18 Å². The van der Waals surface area contributed by atoms with Crippen LogP contribution >= 0.6 is 0 Å². The number of aliphatic hydroxyl groups excluding tert-OH is 1. The van der Waals surface area contributed by atoms with Crippen LogP contribution in [0.2, 0.25) is 0 Å². The van der Waals surface area contributed by atoms with Crippen LogP contribution in [-0.4, -0.2) is 35.0 Å². The standard InChI is InChI=1S/C12H15F3N2O3/c1-11(20,7-18)6-16-10(19)17-9-5-3-2-4-8(9)12(13,14)15/h2-5,18,20H,6-7H2,1H3,(H2,16,17,19). The van der Waals surface area contributed by atoms with Gasteiger partial charge in [0.05, 0.1) is 24.4 Å².